The second kappa shape index (κ2) is 8.11. The van der Waals surface area contributed by atoms with Crippen LogP contribution < -0.4 is 16.0 Å². The largest absolute Gasteiger partial charge is 0.366 e. The van der Waals surface area contributed by atoms with Crippen molar-refractivity contribution in [3.8, 4) is 0 Å². The molecule has 3 rings (SSSR count). The van der Waals surface area contributed by atoms with E-state index in [1.54, 1.807) is 6.20 Å². The molecule has 3 aromatic rings. The molecule has 0 spiro atoms. The van der Waals surface area contributed by atoms with Gasteiger partial charge in [-0.25, -0.2) is 4.98 Å². The number of nitrogens with zero attached hydrogens (tertiary/aromatic N) is 2. The molecule has 6 nitrogen and oxygen atoms in total. The normalized spacial score (nSPS) is 10.2. The fraction of sp³-hybridized carbons (Fsp3) is 0.150. The number of carbonyl (C=O) groups excluding carboxylic acids is 1. The Morgan fingerprint density at radius 2 is 1.81 bits per heavy atom. The molecule has 6 heteroatoms. The van der Waals surface area contributed by atoms with Gasteiger partial charge >= 0.3 is 0 Å². The van der Waals surface area contributed by atoms with Crippen molar-refractivity contribution in [2.24, 2.45) is 0 Å². The molecule has 0 radical (unpaired) electrons. The Morgan fingerprint density at radius 1 is 1.04 bits per heavy atom. The van der Waals surface area contributed by atoms with Crippen LogP contribution in [0.2, 0.25) is 0 Å². The van der Waals surface area contributed by atoms with Gasteiger partial charge in [-0.15, -0.1) is 0 Å². The summed E-state index contributed by atoms with van der Waals surface area (Å²) in [4.78, 5) is 19.8. The number of rotatable bonds is 6. The van der Waals surface area contributed by atoms with E-state index in [2.05, 4.69) is 51.0 Å². The van der Waals surface area contributed by atoms with Gasteiger partial charge in [0.05, 0.1) is 0 Å². The number of amides is 1. The van der Waals surface area contributed by atoms with Crippen molar-refractivity contribution in [3.63, 3.8) is 0 Å². The van der Waals surface area contributed by atoms with E-state index in [1.165, 1.54) is 18.1 Å². The van der Waals surface area contributed by atoms with Crippen LogP contribution in [0.25, 0.3) is 0 Å². The van der Waals surface area contributed by atoms with Crippen LogP contribution in [0, 0.1) is 6.92 Å². The zero-order valence-electron chi connectivity index (χ0n) is 14.8. The van der Waals surface area contributed by atoms with Crippen LogP contribution in [-0.2, 0) is 11.3 Å². The highest BCUT2D eigenvalue weighted by Gasteiger charge is 2.02. The third-order valence-electron chi connectivity index (χ3n) is 3.67. The quantitative estimate of drug-likeness (QED) is 0.626. The predicted octanol–water partition coefficient (Wildman–Crippen LogP) is 4.10. The third-order valence-corrected chi connectivity index (χ3v) is 3.67. The summed E-state index contributed by atoms with van der Waals surface area (Å²) >= 11 is 0. The molecule has 1 aromatic heterocycles. The number of aryl methyl sites for hydroxylation is 1. The first kappa shape index (κ1) is 17.4. The van der Waals surface area contributed by atoms with Crippen LogP contribution in [0.3, 0.4) is 0 Å². The Kier molecular flexibility index (Phi) is 5.43. The van der Waals surface area contributed by atoms with Crippen molar-refractivity contribution < 1.29 is 4.79 Å². The Morgan fingerprint density at radius 3 is 2.54 bits per heavy atom. The number of anilines is 4. The number of benzene rings is 2. The number of hydrogen-bond donors (Lipinski definition) is 3. The topological polar surface area (TPSA) is 78.9 Å². The second-order valence-corrected chi connectivity index (χ2v) is 5.99. The molecule has 0 bridgehead atoms. The van der Waals surface area contributed by atoms with Crippen LogP contribution in [0.15, 0.2) is 60.8 Å². The number of aromatic nitrogens is 2. The molecule has 1 heterocycles. The van der Waals surface area contributed by atoms with Crippen molar-refractivity contribution in [1.82, 2.24) is 9.97 Å². The summed E-state index contributed by atoms with van der Waals surface area (Å²) in [7, 11) is 0. The molecule has 0 fully saturated rings. The van der Waals surface area contributed by atoms with Crippen LogP contribution in [0.4, 0.5) is 23.1 Å². The monoisotopic (exact) mass is 347 g/mol. The molecule has 132 valence electrons. The molecule has 0 aliphatic carbocycles. The molecule has 26 heavy (non-hydrogen) atoms. The molecule has 0 atom stereocenters. The number of carbonyl (C=O) groups is 1. The van der Waals surface area contributed by atoms with E-state index in [9.17, 15) is 4.79 Å². The lowest BCUT2D eigenvalue weighted by Gasteiger charge is -2.09. The van der Waals surface area contributed by atoms with Gasteiger partial charge in [-0.1, -0.05) is 29.8 Å². The van der Waals surface area contributed by atoms with Crippen molar-refractivity contribution in [1.29, 1.82) is 0 Å². The lowest BCUT2D eigenvalue weighted by molar-refractivity contribution is -0.114. The Hall–Kier alpha value is -3.41. The fourth-order valence-electron chi connectivity index (χ4n) is 2.50. The predicted molar refractivity (Wildman–Crippen MR) is 105 cm³/mol. The van der Waals surface area contributed by atoms with Gasteiger partial charge in [-0.2, -0.15) is 4.98 Å². The Bertz CT molecular complexity index is 893. The smallest absolute Gasteiger partial charge is 0.229 e. The minimum absolute atomic E-state index is 0.0959. The second-order valence-electron chi connectivity index (χ2n) is 5.99. The summed E-state index contributed by atoms with van der Waals surface area (Å²) in [5.74, 6) is 1.16. The van der Waals surface area contributed by atoms with E-state index in [1.807, 2.05) is 36.4 Å². The number of nitrogens with one attached hydrogen (secondary N) is 3. The van der Waals surface area contributed by atoms with Gasteiger partial charge in [-0.3, -0.25) is 4.79 Å². The Labute approximate surface area is 152 Å². The lowest BCUT2D eigenvalue weighted by Crippen LogP contribution is -2.06. The van der Waals surface area contributed by atoms with E-state index >= 15 is 0 Å². The van der Waals surface area contributed by atoms with Gasteiger partial charge in [0.2, 0.25) is 11.9 Å². The van der Waals surface area contributed by atoms with E-state index in [0.29, 0.717) is 12.5 Å². The molecule has 0 aliphatic heterocycles. The van der Waals surface area contributed by atoms with Crippen molar-refractivity contribution >= 4 is 29.0 Å². The highest BCUT2D eigenvalue weighted by molar-refractivity contribution is 5.88. The molecular weight excluding hydrogens is 326 g/mol. The van der Waals surface area contributed by atoms with Gasteiger partial charge in [0.15, 0.2) is 0 Å². The summed E-state index contributed by atoms with van der Waals surface area (Å²) in [5.41, 5.74) is 4.02. The molecule has 2 aromatic carbocycles. The van der Waals surface area contributed by atoms with Crippen LogP contribution in [0.5, 0.6) is 0 Å². The van der Waals surface area contributed by atoms with Gasteiger partial charge in [0, 0.05) is 31.0 Å². The van der Waals surface area contributed by atoms with Crippen molar-refractivity contribution in [2.75, 3.05) is 16.0 Å². The highest BCUT2D eigenvalue weighted by atomic mass is 16.1. The van der Waals surface area contributed by atoms with Crippen LogP contribution in [-0.4, -0.2) is 15.9 Å². The summed E-state index contributed by atoms with van der Waals surface area (Å²) in [5, 5.41) is 9.20. The molecule has 0 aliphatic rings. The van der Waals surface area contributed by atoms with Crippen LogP contribution >= 0.6 is 0 Å². The van der Waals surface area contributed by atoms with Gasteiger partial charge in [0.25, 0.3) is 0 Å². The van der Waals surface area contributed by atoms with Crippen LogP contribution in [0.1, 0.15) is 18.1 Å². The van der Waals surface area contributed by atoms with E-state index in [-0.39, 0.29) is 5.91 Å². The maximum absolute atomic E-state index is 11.1. The third kappa shape index (κ3) is 5.04. The zero-order chi connectivity index (χ0) is 18.4. The maximum Gasteiger partial charge on any atom is 0.229 e. The average molecular weight is 347 g/mol. The van der Waals surface area contributed by atoms with Crippen molar-refractivity contribution in [3.05, 3.63) is 71.9 Å². The van der Waals surface area contributed by atoms with Gasteiger partial charge in [0.1, 0.15) is 5.82 Å². The first-order valence-corrected chi connectivity index (χ1v) is 8.35. The fourth-order valence-corrected chi connectivity index (χ4v) is 2.50. The number of hydrogen-bond acceptors (Lipinski definition) is 5. The van der Waals surface area contributed by atoms with E-state index in [4.69, 9.17) is 0 Å². The highest BCUT2D eigenvalue weighted by Crippen LogP contribution is 2.17. The SMILES string of the molecule is CC(=O)Nc1ccc(Nc2nccc(NCc3cccc(C)c3)n2)cc1. The average Bonchev–Trinajstić information content (AvgIpc) is 2.62. The Balaban J connectivity index is 1.62. The van der Waals surface area contributed by atoms with Crippen molar-refractivity contribution in [2.45, 2.75) is 20.4 Å². The van der Waals surface area contributed by atoms with E-state index in [0.717, 1.165) is 17.2 Å². The molecule has 0 unspecified atom stereocenters. The summed E-state index contributed by atoms with van der Waals surface area (Å²) in [6, 6.07) is 17.6. The standard InChI is InChI=1S/C20H21N5O/c1-14-4-3-5-16(12-14)13-22-19-10-11-21-20(25-19)24-18-8-6-17(7-9-18)23-15(2)26/h3-12H,13H2,1-2H3,(H,23,26)(H2,21,22,24,25). The first-order chi connectivity index (χ1) is 12.6. The summed E-state index contributed by atoms with van der Waals surface area (Å²) < 4.78 is 0. The zero-order valence-corrected chi connectivity index (χ0v) is 14.8. The molecule has 3 N–H and O–H groups in total. The minimum Gasteiger partial charge on any atom is -0.366 e. The molecule has 1 amide bonds. The molecule has 0 saturated carbocycles. The summed E-state index contributed by atoms with van der Waals surface area (Å²) in [6.07, 6.45) is 1.71. The molecular formula is C20H21N5O. The maximum atomic E-state index is 11.1. The lowest BCUT2D eigenvalue weighted by atomic mass is 10.1. The summed E-state index contributed by atoms with van der Waals surface area (Å²) in [6.45, 7) is 4.26. The molecule has 0 saturated heterocycles. The minimum atomic E-state index is -0.0959. The van der Waals surface area contributed by atoms with Gasteiger partial charge < -0.3 is 16.0 Å². The van der Waals surface area contributed by atoms with Gasteiger partial charge in [-0.05, 0) is 42.8 Å². The first-order valence-electron chi connectivity index (χ1n) is 8.35. The van der Waals surface area contributed by atoms with E-state index < -0.39 is 0 Å².